The molecule has 1 atom stereocenters. The summed E-state index contributed by atoms with van der Waals surface area (Å²) in [7, 11) is 0.233. The molecule has 1 N–H and O–H groups in total. The van der Waals surface area contributed by atoms with E-state index in [2.05, 4.69) is 5.32 Å². The van der Waals surface area contributed by atoms with Gasteiger partial charge in [-0.1, -0.05) is 41.9 Å². The minimum absolute atomic E-state index is 0.0952. The summed E-state index contributed by atoms with van der Waals surface area (Å²) in [6.07, 6.45) is 1.70. The summed E-state index contributed by atoms with van der Waals surface area (Å²) in [6.45, 7) is 1.61. The lowest BCUT2D eigenvalue weighted by atomic mass is 10.1. The zero-order chi connectivity index (χ0) is 21.0. The van der Waals surface area contributed by atoms with Gasteiger partial charge in [0.15, 0.2) is 0 Å². The minimum atomic E-state index is -3.62. The molecule has 0 aromatic heterocycles. The first kappa shape index (κ1) is 21.8. The first-order valence-corrected chi connectivity index (χ1v) is 11.4. The second kappa shape index (κ2) is 9.26. The average Bonchev–Trinajstić information content (AvgIpc) is 3.23. The Morgan fingerprint density at radius 3 is 2.41 bits per heavy atom. The van der Waals surface area contributed by atoms with Crippen LogP contribution in [0.1, 0.15) is 34.8 Å². The van der Waals surface area contributed by atoms with Gasteiger partial charge in [0.2, 0.25) is 10.0 Å². The number of rotatable bonds is 7. The quantitative estimate of drug-likeness (QED) is 0.725. The molecule has 3 rings (SSSR count). The summed E-state index contributed by atoms with van der Waals surface area (Å²) in [6, 6.07) is 13.7. The van der Waals surface area contributed by atoms with Crippen LogP contribution in [0.15, 0.2) is 53.4 Å². The molecule has 1 unspecified atom stereocenters. The van der Waals surface area contributed by atoms with E-state index in [0.29, 0.717) is 19.6 Å². The maximum absolute atomic E-state index is 13.0. The van der Waals surface area contributed by atoms with Crippen molar-refractivity contribution >= 4 is 27.5 Å². The SMILES string of the molecule is CN(C)CC(NC(=O)c1cc(S(=O)(=O)N2CCCC2)ccc1Cl)c1ccccc1. The molecule has 1 aliphatic rings. The molecule has 2 aromatic carbocycles. The van der Waals surface area contributed by atoms with Gasteiger partial charge >= 0.3 is 0 Å². The number of sulfonamides is 1. The first-order chi connectivity index (χ1) is 13.8. The van der Waals surface area contributed by atoms with Crippen LogP contribution >= 0.6 is 11.6 Å². The molecular weight excluding hydrogens is 410 g/mol. The lowest BCUT2D eigenvalue weighted by Crippen LogP contribution is -2.35. The van der Waals surface area contributed by atoms with E-state index in [0.717, 1.165) is 18.4 Å². The number of carbonyl (C=O) groups excluding carboxylic acids is 1. The predicted molar refractivity (Wildman–Crippen MR) is 115 cm³/mol. The fraction of sp³-hybridized carbons (Fsp3) is 0.381. The van der Waals surface area contributed by atoms with Crippen molar-refractivity contribution in [3.63, 3.8) is 0 Å². The number of hydrogen-bond acceptors (Lipinski definition) is 4. The van der Waals surface area contributed by atoms with E-state index in [4.69, 9.17) is 11.6 Å². The van der Waals surface area contributed by atoms with Gasteiger partial charge < -0.3 is 10.2 Å². The Hall–Kier alpha value is -1.93. The van der Waals surface area contributed by atoms with Crippen molar-refractivity contribution in [3.8, 4) is 0 Å². The monoisotopic (exact) mass is 435 g/mol. The number of likely N-dealkylation sites (N-methyl/N-ethyl adjacent to an activating group) is 1. The lowest BCUT2D eigenvalue weighted by Gasteiger charge is -2.23. The highest BCUT2D eigenvalue weighted by molar-refractivity contribution is 7.89. The molecule has 0 radical (unpaired) electrons. The predicted octanol–water partition coefficient (Wildman–Crippen LogP) is 3.16. The zero-order valence-electron chi connectivity index (χ0n) is 16.6. The molecule has 0 spiro atoms. The highest BCUT2D eigenvalue weighted by atomic mass is 35.5. The summed E-state index contributed by atoms with van der Waals surface area (Å²) < 4.78 is 27.2. The molecule has 156 valence electrons. The van der Waals surface area contributed by atoms with Crippen molar-refractivity contribution in [1.29, 1.82) is 0 Å². The van der Waals surface area contributed by atoms with Gasteiger partial charge in [0.25, 0.3) is 5.91 Å². The van der Waals surface area contributed by atoms with Crippen LogP contribution in [0.4, 0.5) is 0 Å². The largest absolute Gasteiger partial charge is 0.344 e. The highest BCUT2D eigenvalue weighted by Gasteiger charge is 2.28. The summed E-state index contributed by atoms with van der Waals surface area (Å²) in [4.78, 5) is 15.1. The van der Waals surface area contributed by atoms with Gasteiger partial charge in [-0.05, 0) is 50.7 Å². The van der Waals surface area contributed by atoms with Gasteiger partial charge in [-0.3, -0.25) is 4.79 Å². The highest BCUT2D eigenvalue weighted by Crippen LogP contribution is 2.26. The minimum Gasteiger partial charge on any atom is -0.344 e. The Morgan fingerprint density at radius 1 is 1.14 bits per heavy atom. The fourth-order valence-electron chi connectivity index (χ4n) is 3.44. The van der Waals surface area contributed by atoms with E-state index in [1.165, 1.54) is 22.5 Å². The molecule has 1 heterocycles. The molecule has 2 aromatic rings. The number of nitrogens with zero attached hydrogens (tertiary/aromatic N) is 2. The number of benzene rings is 2. The fourth-order valence-corrected chi connectivity index (χ4v) is 5.18. The van der Waals surface area contributed by atoms with Gasteiger partial charge in [-0.15, -0.1) is 0 Å². The lowest BCUT2D eigenvalue weighted by molar-refractivity contribution is 0.0930. The van der Waals surface area contributed by atoms with Crippen LogP contribution in [0.2, 0.25) is 5.02 Å². The van der Waals surface area contributed by atoms with Crippen molar-refractivity contribution < 1.29 is 13.2 Å². The third-order valence-corrected chi connectivity index (χ3v) is 7.16. The smallest absolute Gasteiger partial charge is 0.253 e. The van der Waals surface area contributed by atoms with Gasteiger partial charge in [-0.25, -0.2) is 8.42 Å². The maximum Gasteiger partial charge on any atom is 0.253 e. The molecule has 6 nitrogen and oxygen atoms in total. The molecule has 29 heavy (non-hydrogen) atoms. The van der Waals surface area contributed by atoms with Crippen molar-refractivity contribution in [2.45, 2.75) is 23.8 Å². The Labute approximate surface area is 177 Å². The number of hydrogen-bond donors (Lipinski definition) is 1. The zero-order valence-corrected chi connectivity index (χ0v) is 18.2. The van der Waals surface area contributed by atoms with Crippen LogP contribution in [-0.2, 0) is 10.0 Å². The molecule has 1 fully saturated rings. The van der Waals surface area contributed by atoms with Crippen LogP contribution in [0.3, 0.4) is 0 Å². The van der Waals surface area contributed by atoms with Crippen LogP contribution in [-0.4, -0.2) is 57.3 Å². The van der Waals surface area contributed by atoms with Crippen LogP contribution in [0, 0.1) is 0 Å². The molecule has 8 heteroatoms. The molecule has 1 aliphatic heterocycles. The molecule has 1 saturated heterocycles. The average molecular weight is 436 g/mol. The Bertz CT molecular complexity index is 958. The Kier molecular flexibility index (Phi) is 6.95. The Morgan fingerprint density at radius 2 is 1.79 bits per heavy atom. The van der Waals surface area contributed by atoms with Crippen LogP contribution in [0.5, 0.6) is 0 Å². The van der Waals surface area contributed by atoms with Gasteiger partial charge in [0, 0.05) is 19.6 Å². The number of nitrogens with one attached hydrogen (secondary N) is 1. The number of carbonyl (C=O) groups is 1. The molecule has 0 saturated carbocycles. The molecule has 1 amide bonds. The van der Waals surface area contributed by atoms with Crippen molar-refractivity contribution in [1.82, 2.24) is 14.5 Å². The van der Waals surface area contributed by atoms with E-state index in [1.807, 2.05) is 49.3 Å². The third kappa shape index (κ3) is 5.17. The summed E-state index contributed by atoms with van der Waals surface area (Å²) >= 11 is 6.26. The maximum atomic E-state index is 13.0. The van der Waals surface area contributed by atoms with Gasteiger partial charge in [-0.2, -0.15) is 4.31 Å². The number of amides is 1. The van der Waals surface area contributed by atoms with Gasteiger partial charge in [0.1, 0.15) is 0 Å². The van der Waals surface area contributed by atoms with E-state index in [1.54, 1.807) is 0 Å². The Balaban J connectivity index is 1.88. The normalized spacial score (nSPS) is 16.1. The topological polar surface area (TPSA) is 69.7 Å². The van der Waals surface area contributed by atoms with Crippen LogP contribution in [0.25, 0.3) is 0 Å². The van der Waals surface area contributed by atoms with E-state index in [-0.39, 0.29) is 21.5 Å². The molecule has 0 aliphatic carbocycles. The van der Waals surface area contributed by atoms with E-state index >= 15 is 0 Å². The molecular formula is C21H26ClN3O3S. The standard InChI is InChI=1S/C21H26ClN3O3S/c1-24(2)15-20(16-8-4-3-5-9-16)23-21(26)18-14-17(10-11-19(18)22)29(27,28)25-12-6-7-13-25/h3-5,8-11,14,20H,6-7,12-13,15H2,1-2H3,(H,23,26). The summed E-state index contributed by atoms with van der Waals surface area (Å²) in [5, 5.41) is 3.22. The summed E-state index contributed by atoms with van der Waals surface area (Å²) in [5.41, 5.74) is 1.12. The number of halogens is 1. The van der Waals surface area contributed by atoms with Crippen molar-refractivity contribution in [2.24, 2.45) is 0 Å². The summed E-state index contributed by atoms with van der Waals surface area (Å²) in [5.74, 6) is -0.399. The van der Waals surface area contributed by atoms with Crippen LogP contribution < -0.4 is 5.32 Å². The van der Waals surface area contributed by atoms with Crippen molar-refractivity contribution in [3.05, 3.63) is 64.7 Å². The molecule has 0 bridgehead atoms. The van der Waals surface area contributed by atoms with Gasteiger partial charge in [0.05, 0.1) is 21.5 Å². The van der Waals surface area contributed by atoms with Crippen molar-refractivity contribution in [2.75, 3.05) is 33.7 Å². The first-order valence-electron chi connectivity index (χ1n) is 9.59. The van der Waals surface area contributed by atoms with E-state index in [9.17, 15) is 13.2 Å². The second-order valence-electron chi connectivity index (χ2n) is 7.45. The van der Waals surface area contributed by atoms with E-state index < -0.39 is 15.9 Å². The third-order valence-electron chi connectivity index (χ3n) is 4.94. The second-order valence-corrected chi connectivity index (χ2v) is 9.80.